The second-order valence-electron chi connectivity index (χ2n) is 6.78. The summed E-state index contributed by atoms with van der Waals surface area (Å²) in [5, 5.41) is 0. The molecule has 1 saturated heterocycles. The summed E-state index contributed by atoms with van der Waals surface area (Å²) in [7, 11) is 1.56. The average Bonchev–Trinajstić information content (AvgIpc) is 2.78. The number of aromatic nitrogens is 1. The molecular weight excluding hydrogens is 371 g/mol. The topological polar surface area (TPSA) is 43.8 Å². The standard InChI is InChI=1S/C23H23FN2O3/c1-27-23-18(3-2-8-25-23)16-29-22-14-19(13-20(24)15-22)17-4-6-21(7-5-17)26-9-11-28-12-10-26/h2-8,13-15H,9-12,16H2,1H3. The molecule has 0 unspecified atom stereocenters. The van der Waals surface area contributed by atoms with Gasteiger partial charge in [-0.25, -0.2) is 9.37 Å². The average molecular weight is 394 g/mol. The van der Waals surface area contributed by atoms with Crippen LogP contribution in [0.4, 0.5) is 10.1 Å². The Kier molecular flexibility index (Phi) is 5.91. The van der Waals surface area contributed by atoms with Gasteiger partial charge in [-0.15, -0.1) is 0 Å². The van der Waals surface area contributed by atoms with Crippen LogP contribution in [0.3, 0.4) is 0 Å². The highest BCUT2D eigenvalue weighted by Gasteiger charge is 2.12. The third-order valence-corrected chi connectivity index (χ3v) is 4.89. The fourth-order valence-electron chi connectivity index (χ4n) is 3.38. The van der Waals surface area contributed by atoms with Gasteiger partial charge in [0.05, 0.1) is 25.9 Å². The molecule has 5 nitrogen and oxygen atoms in total. The van der Waals surface area contributed by atoms with Crippen molar-refractivity contribution in [3.05, 3.63) is 72.2 Å². The van der Waals surface area contributed by atoms with Crippen molar-refractivity contribution in [3.63, 3.8) is 0 Å². The molecular formula is C23H23FN2O3. The molecule has 0 bridgehead atoms. The summed E-state index contributed by atoms with van der Waals surface area (Å²) >= 11 is 0. The van der Waals surface area contributed by atoms with E-state index in [0.717, 1.165) is 48.7 Å². The van der Waals surface area contributed by atoms with Crippen molar-refractivity contribution >= 4 is 5.69 Å². The van der Waals surface area contributed by atoms with E-state index in [1.54, 1.807) is 13.3 Å². The van der Waals surface area contributed by atoms with Crippen LogP contribution in [-0.2, 0) is 11.3 Å². The number of pyridine rings is 1. The van der Waals surface area contributed by atoms with Gasteiger partial charge in [-0.2, -0.15) is 0 Å². The smallest absolute Gasteiger partial charge is 0.219 e. The highest BCUT2D eigenvalue weighted by Crippen LogP contribution is 2.29. The van der Waals surface area contributed by atoms with Gasteiger partial charge in [-0.3, -0.25) is 0 Å². The van der Waals surface area contributed by atoms with Gasteiger partial charge >= 0.3 is 0 Å². The molecule has 3 aromatic rings. The lowest BCUT2D eigenvalue weighted by molar-refractivity contribution is 0.122. The molecule has 0 aliphatic carbocycles. The van der Waals surface area contributed by atoms with Gasteiger partial charge < -0.3 is 19.1 Å². The summed E-state index contributed by atoms with van der Waals surface area (Å²) in [5.74, 6) is 0.624. The number of morpholine rings is 1. The Balaban J connectivity index is 1.50. The molecule has 0 amide bonds. The number of halogens is 1. The van der Waals surface area contributed by atoms with Gasteiger partial charge in [0.2, 0.25) is 5.88 Å². The SMILES string of the molecule is COc1ncccc1COc1cc(F)cc(-c2ccc(N3CCOCC3)cc2)c1. The maximum absolute atomic E-state index is 14.2. The van der Waals surface area contributed by atoms with Gasteiger partial charge in [-0.05, 0) is 47.5 Å². The Labute approximate surface area is 169 Å². The van der Waals surface area contributed by atoms with E-state index >= 15 is 0 Å². The largest absolute Gasteiger partial charge is 0.489 e. The molecule has 29 heavy (non-hydrogen) atoms. The van der Waals surface area contributed by atoms with E-state index in [2.05, 4.69) is 22.0 Å². The fourth-order valence-corrected chi connectivity index (χ4v) is 3.38. The molecule has 6 heteroatoms. The molecule has 0 atom stereocenters. The molecule has 1 fully saturated rings. The van der Waals surface area contributed by atoms with Crippen molar-refractivity contribution in [1.82, 2.24) is 4.98 Å². The van der Waals surface area contributed by atoms with Crippen LogP contribution in [0.2, 0.25) is 0 Å². The zero-order chi connectivity index (χ0) is 20.1. The predicted octanol–water partition coefficient (Wildman–Crippen LogP) is 4.31. The number of nitrogens with zero attached hydrogens (tertiary/aromatic N) is 2. The molecule has 1 aliphatic rings. The third-order valence-electron chi connectivity index (χ3n) is 4.89. The molecule has 1 aromatic heterocycles. The van der Waals surface area contributed by atoms with Crippen LogP contribution in [0.5, 0.6) is 11.6 Å². The highest BCUT2D eigenvalue weighted by molar-refractivity contribution is 5.68. The van der Waals surface area contributed by atoms with E-state index in [9.17, 15) is 4.39 Å². The molecule has 0 spiro atoms. The number of rotatable bonds is 6. The molecule has 150 valence electrons. The first-order valence-electron chi connectivity index (χ1n) is 9.57. The maximum atomic E-state index is 14.2. The van der Waals surface area contributed by atoms with Crippen molar-refractivity contribution in [2.75, 3.05) is 38.3 Å². The van der Waals surface area contributed by atoms with Crippen LogP contribution in [0.25, 0.3) is 11.1 Å². The van der Waals surface area contributed by atoms with Crippen LogP contribution in [0, 0.1) is 5.82 Å². The highest BCUT2D eigenvalue weighted by atomic mass is 19.1. The summed E-state index contributed by atoms with van der Waals surface area (Å²) in [6.07, 6.45) is 1.66. The first kappa shape index (κ1) is 19.2. The number of anilines is 1. The molecule has 2 heterocycles. The summed E-state index contributed by atoms with van der Waals surface area (Å²) in [6, 6.07) is 16.6. The molecule has 4 rings (SSSR count). The Morgan fingerprint density at radius 1 is 1.03 bits per heavy atom. The van der Waals surface area contributed by atoms with Crippen molar-refractivity contribution in [2.24, 2.45) is 0 Å². The summed E-state index contributed by atoms with van der Waals surface area (Å²) in [5.41, 5.74) is 3.65. The van der Waals surface area contributed by atoms with Crippen molar-refractivity contribution in [3.8, 4) is 22.8 Å². The van der Waals surface area contributed by atoms with E-state index in [0.29, 0.717) is 11.6 Å². The summed E-state index contributed by atoms with van der Waals surface area (Å²) < 4.78 is 30.7. The Morgan fingerprint density at radius 3 is 2.59 bits per heavy atom. The van der Waals surface area contributed by atoms with Crippen LogP contribution in [0.1, 0.15) is 5.56 Å². The Hall–Kier alpha value is -3.12. The number of benzene rings is 2. The number of hydrogen-bond acceptors (Lipinski definition) is 5. The molecule has 2 aromatic carbocycles. The minimum absolute atomic E-state index is 0.246. The Bertz CT molecular complexity index is 957. The Morgan fingerprint density at radius 2 is 1.83 bits per heavy atom. The van der Waals surface area contributed by atoms with Gasteiger partial charge in [0.15, 0.2) is 0 Å². The zero-order valence-corrected chi connectivity index (χ0v) is 16.3. The second-order valence-corrected chi connectivity index (χ2v) is 6.78. The minimum Gasteiger partial charge on any atom is -0.489 e. The van der Waals surface area contributed by atoms with E-state index < -0.39 is 0 Å². The van der Waals surface area contributed by atoms with Crippen LogP contribution < -0.4 is 14.4 Å². The van der Waals surface area contributed by atoms with Crippen molar-refractivity contribution in [2.45, 2.75) is 6.61 Å². The molecule has 1 aliphatic heterocycles. The molecule has 0 saturated carbocycles. The predicted molar refractivity (Wildman–Crippen MR) is 110 cm³/mol. The quantitative estimate of drug-likeness (QED) is 0.623. The van der Waals surface area contributed by atoms with Gasteiger partial charge in [0, 0.05) is 31.0 Å². The van der Waals surface area contributed by atoms with E-state index in [4.69, 9.17) is 14.2 Å². The zero-order valence-electron chi connectivity index (χ0n) is 16.3. The van der Waals surface area contributed by atoms with Crippen molar-refractivity contribution < 1.29 is 18.6 Å². The van der Waals surface area contributed by atoms with Crippen LogP contribution in [-0.4, -0.2) is 38.4 Å². The molecule has 0 N–H and O–H groups in total. The van der Waals surface area contributed by atoms with Gasteiger partial charge in [0.1, 0.15) is 18.2 Å². The summed E-state index contributed by atoms with van der Waals surface area (Å²) in [6.45, 7) is 3.50. The fraction of sp³-hybridized carbons (Fsp3) is 0.261. The first-order chi connectivity index (χ1) is 14.2. The lowest BCUT2D eigenvalue weighted by Crippen LogP contribution is -2.36. The van der Waals surface area contributed by atoms with Crippen LogP contribution in [0.15, 0.2) is 60.8 Å². The normalized spacial score (nSPS) is 13.9. The lowest BCUT2D eigenvalue weighted by Gasteiger charge is -2.28. The van der Waals surface area contributed by atoms with Gasteiger partial charge in [0.25, 0.3) is 0 Å². The summed E-state index contributed by atoms with van der Waals surface area (Å²) in [4.78, 5) is 6.44. The van der Waals surface area contributed by atoms with Gasteiger partial charge in [-0.1, -0.05) is 12.1 Å². The second kappa shape index (κ2) is 8.92. The van der Waals surface area contributed by atoms with Crippen LogP contribution >= 0.6 is 0 Å². The monoisotopic (exact) mass is 394 g/mol. The minimum atomic E-state index is -0.340. The van der Waals surface area contributed by atoms with Crippen molar-refractivity contribution in [1.29, 1.82) is 0 Å². The van der Waals surface area contributed by atoms with E-state index in [-0.39, 0.29) is 12.4 Å². The van der Waals surface area contributed by atoms with E-state index in [1.165, 1.54) is 12.1 Å². The molecule has 0 radical (unpaired) electrons. The number of ether oxygens (including phenoxy) is 3. The third kappa shape index (κ3) is 4.66. The maximum Gasteiger partial charge on any atom is 0.219 e. The number of methoxy groups -OCH3 is 1. The first-order valence-corrected chi connectivity index (χ1v) is 9.57. The van der Waals surface area contributed by atoms with E-state index in [1.807, 2.05) is 30.3 Å². The lowest BCUT2D eigenvalue weighted by atomic mass is 10.0. The number of hydrogen-bond donors (Lipinski definition) is 0.